The molecule has 10 heteroatoms. The van der Waals surface area contributed by atoms with E-state index in [1.165, 1.54) is 0 Å². The van der Waals surface area contributed by atoms with Crippen LogP contribution in [0.5, 0.6) is 11.5 Å². The van der Waals surface area contributed by atoms with Crippen molar-refractivity contribution in [3.05, 3.63) is 48.5 Å². The van der Waals surface area contributed by atoms with Gasteiger partial charge in [0.05, 0.1) is 32.4 Å². The summed E-state index contributed by atoms with van der Waals surface area (Å²) < 4.78 is 10.9. The third-order valence-electron chi connectivity index (χ3n) is 6.64. The predicted molar refractivity (Wildman–Crippen MR) is 141 cm³/mol. The van der Waals surface area contributed by atoms with Gasteiger partial charge >= 0.3 is 0 Å². The Balaban J connectivity index is 1.31. The summed E-state index contributed by atoms with van der Waals surface area (Å²) in [6, 6.07) is 14.1. The molecule has 2 heterocycles. The van der Waals surface area contributed by atoms with Gasteiger partial charge in [0.25, 0.3) is 0 Å². The van der Waals surface area contributed by atoms with Crippen molar-refractivity contribution in [1.29, 1.82) is 0 Å². The van der Waals surface area contributed by atoms with Crippen LogP contribution >= 0.6 is 0 Å². The molecule has 0 saturated carbocycles. The molecule has 0 aromatic heterocycles. The van der Waals surface area contributed by atoms with Crippen molar-refractivity contribution >= 4 is 29.1 Å². The number of ether oxygens (including phenoxy) is 2. The maximum atomic E-state index is 13.2. The van der Waals surface area contributed by atoms with Crippen molar-refractivity contribution in [3.8, 4) is 11.5 Å². The lowest BCUT2D eigenvalue weighted by Gasteiger charge is -2.39. The molecule has 37 heavy (non-hydrogen) atoms. The first-order valence-corrected chi connectivity index (χ1v) is 12.7. The molecular formula is C27H35N5O5. The number of hydrogen-bond donors (Lipinski definition) is 2. The minimum atomic E-state index is -0.834. The fourth-order valence-corrected chi connectivity index (χ4v) is 4.72. The maximum absolute atomic E-state index is 13.2. The zero-order valence-electron chi connectivity index (χ0n) is 21.4. The first kappa shape index (κ1) is 26.3. The van der Waals surface area contributed by atoms with Crippen LogP contribution in [0.25, 0.3) is 0 Å². The lowest BCUT2D eigenvalue weighted by Crippen LogP contribution is -2.60. The summed E-state index contributed by atoms with van der Waals surface area (Å²) in [6.07, 6.45) is -0.105. The number of piperazine rings is 2. The molecule has 0 aliphatic carbocycles. The molecule has 4 rings (SSSR count). The van der Waals surface area contributed by atoms with Crippen LogP contribution in [0.15, 0.2) is 48.5 Å². The minimum Gasteiger partial charge on any atom is -0.495 e. The largest absolute Gasteiger partial charge is 0.495 e. The summed E-state index contributed by atoms with van der Waals surface area (Å²) >= 11 is 0. The first-order chi connectivity index (χ1) is 18.0. The van der Waals surface area contributed by atoms with Gasteiger partial charge in [-0.25, -0.2) is 0 Å². The molecule has 198 valence electrons. The molecule has 2 saturated heterocycles. The van der Waals surface area contributed by atoms with Crippen molar-refractivity contribution in [3.63, 3.8) is 0 Å². The Bertz CT molecular complexity index is 1080. The normalized spacial score (nSPS) is 18.2. The summed E-state index contributed by atoms with van der Waals surface area (Å²) in [7, 11) is 1.66. The minimum absolute atomic E-state index is 0.105. The fraction of sp³-hybridized carbons (Fsp3) is 0.444. The average molecular weight is 510 g/mol. The van der Waals surface area contributed by atoms with E-state index in [2.05, 4.69) is 20.4 Å². The van der Waals surface area contributed by atoms with Crippen LogP contribution in [0.3, 0.4) is 0 Å². The molecule has 0 radical (unpaired) electrons. The van der Waals surface area contributed by atoms with Gasteiger partial charge in [-0.2, -0.15) is 0 Å². The highest BCUT2D eigenvalue weighted by atomic mass is 16.5. The van der Waals surface area contributed by atoms with E-state index in [0.29, 0.717) is 44.2 Å². The second-order valence-corrected chi connectivity index (χ2v) is 9.04. The van der Waals surface area contributed by atoms with Crippen LogP contribution in [-0.4, -0.2) is 93.1 Å². The van der Waals surface area contributed by atoms with Crippen molar-refractivity contribution in [2.45, 2.75) is 19.4 Å². The predicted octanol–water partition coefficient (Wildman–Crippen LogP) is 1.57. The Kier molecular flexibility index (Phi) is 8.84. The van der Waals surface area contributed by atoms with Gasteiger partial charge in [0.15, 0.2) is 0 Å². The second kappa shape index (κ2) is 12.4. The quantitative estimate of drug-likeness (QED) is 0.529. The van der Waals surface area contributed by atoms with Gasteiger partial charge in [-0.05, 0) is 43.3 Å². The van der Waals surface area contributed by atoms with Gasteiger partial charge in [0, 0.05) is 45.0 Å². The van der Waals surface area contributed by atoms with Crippen LogP contribution < -0.4 is 25.0 Å². The summed E-state index contributed by atoms with van der Waals surface area (Å²) in [5, 5.41) is 5.60. The molecule has 10 nitrogen and oxygen atoms in total. The highest BCUT2D eigenvalue weighted by Gasteiger charge is 2.35. The third kappa shape index (κ3) is 6.71. The van der Waals surface area contributed by atoms with E-state index in [1.54, 1.807) is 36.3 Å². The van der Waals surface area contributed by atoms with E-state index in [9.17, 15) is 14.4 Å². The molecule has 0 bridgehead atoms. The van der Waals surface area contributed by atoms with Gasteiger partial charge in [0.2, 0.25) is 17.7 Å². The standard InChI is InChI=1S/C27H35N5O5/c1-3-37-21-10-8-20(9-11-21)29-25(33)18-23-27(35)28-12-13-32(23)26(34)19-30-14-16-31(17-15-30)22-6-4-5-7-24(22)36-2/h4-11,23H,3,12-19H2,1-2H3,(H,28,35)(H,29,33). The van der Waals surface area contributed by atoms with Gasteiger partial charge < -0.3 is 29.9 Å². The molecule has 2 N–H and O–H groups in total. The van der Waals surface area contributed by atoms with Gasteiger partial charge in [-0.15, -0.1) is 0 Å². The Morgan fingerprint density at radius 3 is 2.46 bits per heavy atom. The van der Waals surface area contributed by atoms with E-state index < -0.39 is 6.04 Å². The fourth-order valence-electron chi connectivity index (χ4n) is 4.72. The number of methoxy groups -OCH3 is 1. The monoisotopic (exact) mass is 509 g/mol. The molecule has 2 aliphatic heterocycles. The van der Waals surface area contributed by atoms with E-state index in [4.69, 9.17) is 9.47 Å². The summed E-state index contributed by atoms with van der Waals surface area (Å²) in [5.74, 6) is 0.779. The molecule has 2 aromatic rings. The summed E-state index contributed by atoms with van der Waals surface area (Å²) in [4.78, 5) is 44.5. The van der Waals surface area contributed by atoms with Crippen LogP contribution in [0.2, 0.25) is 0 Å². The van der Waals surface area contributed by atoms with Crippen molar-refractivity contribution < 1.29 is 23.9 Å². The average Bonchev–Trinajstić information content (AvgIpc) is 2.91. The van der Waals surface area contributed by atoms with Crippen molar-refractivity contribution in [2.24, 2.45) is 0 Å². The van der Waals surface area contributed by atoms with Crippen LogP contribution in [0, 0.1) is 0 Å². The first-order valence-electron chi connectivity index (χ1n) is 12.7. The van der Waals surface area contributed by atoms with Gasteiger partial charge in [-0.3, -0.25) is 19.3 Å². The SMILES string of the molecule is CCOc1ccc(NC(=O)CC2C(=O)NCCN2C(=O)CN2CCN(c3ccccc3OC)CC2)cc1. The molecular weight excluding hydrogens is 474 g/mol. The van der Waals surface area contributed by atoms with Crippen LogP contribution in [0.4, 0.5) is 11.4 Å². The van der Waals surface area contributed by atoms with E-state index in [0.717, 1.165) is 24.5 Å². The van der Waals surface area contributed by atoms with Crippen molar-refractivity contribution in [1.82, 2.24) is 15.1 Å². The zero-order valence-corrected chi connectivity index (χ0v) is 21.4. The summed E-state index contributed by atoms with van der Waals surface area (Å²) in [5.41, 5.74) is 1.65. The number of nitrogens with zero attached hydrogens (tertiary/aromatic N) is 3. The number of carbonyl (C=O) groups excluding carboxylic acids is 3. The van der Waals surface area contributed by atoms with Crippen LogP contribution in [0.1, 0.15) is 13.3 Å². The molecule has 0 spiro atoms. The molecule has 3 amide bonds. The number of amides is 3. The highest BCUT2D eigenvalue weighted by Crippen LogP contribution is 2.28. The number of hydrogen-bond acceptors (Lipinski definition) is 7. The highest BCUT2D eigenvalue weighted by molar-refractivity contribution is 5.97. The topological polar surface area (TPSA) is 103 Å². The van der Waals surface area contributed by atoms with Gasteiger partial charge in [0.1, 0.15) is 17.5 Å². The van der Waals surface area contributed by atoms with E-state index in [-0.39, 0.29) is 30.7 Å². The Morgan fingerprint density at radius 1 is 1.03 bits per heavy atom. The third-order valence-corrected chi connectivity index (χ3v) is 6.64. The lowest BCUT2D eigenvalue weighted by atomic mass is 10.1. The molecule has 1 unspecified atom stereocenters. The Morgan fingerprint density at radius 2 is 1.76 bits per heavy atom. The Hall–Kier alpha value is -3.79. The maximum Gasteiger partial charge on any atom is 0.243 e. The molecule has 2 fully saturated rings. The molecule has 2 aliphatic rings. The number of rotatable bonds is 9. The number of para-hydroxylation sites is 2. The molecule has 1 atom stereocenters. The number of benzene rings is 2. The summed E-state index contributed by atoms with van der Waals surface area (Å²) in [6.45, 7) is 6.40. The molecule has 2 aromatic carbocycles. The Labute approximate surface area is 217 Å². The van der Waals surface area contributed by atoms with Crippen LogP contribution in [-0.2, 0) is 14.4 Å². The van der Waals surface area contributed by atoms with E-state index in [1.807, 2.05) is 31.2 Å². The lowest BCUT2D eigenvalue weighted by molar-refractivity contribution is -0.145. The number of carbonyl (C=O) groups is 3. The zero-order chi connectivity index (χ0) is 26.2. The number of nitrogens with one attached hydrogen (secondary N) is 2. The van der Waals surface area contributed by atoms with E-state index >= 15 is 0 Å². The smallest absolute Gasteiger partial charge is 0.243 e. The second-order valence-electron chi connectivity index (χ2n) is 9.04. The van der Waals surface area contributed by atoms with Crippen molar-refractivity contribution in [2.75, 3.05) is 69.7 Å². The number of anilines is 2. The van der Waals surface area contributed by atoms with Gasteiger partial charge in [-0.1, -0.05) is 12.1 Å².